The summed E-state index contributed by atoms with van der Waals surface area (Å²) < 4.78 is 39.9. The number of nitrogens with zero attached hydrogens (tertiary/aromatic N) is 5. The van der Waals surface area contributed by atoms with Crippen LogP contribution in [-0.2, 0) is 20.1 Å². The SMILES string of the molecule is [2H]c1nn(-c2[c-]cccc2)c([2H])c1-c1ccccc1-c1cc(-c2ccccc2-c2ccc(-c3[c-]ccc(-c4ccc(-c5ccccc5)cc4)c3)nc2)cc(-c2ccccc2-c2c([2H])nn(-c3[c-]cccc3)c2[2H])c1.[Ir+3]. The van der Waals surface area contributed by atoms with Gasteiger partial charge in [-0.3, -0.25) is 9.36 Å². The van der Waals surface area contributed by atoms with Crippen LogP contribution in [0, 0.1) is 18.2 Å². The molecule has 0 N–H and O–H groups in total. The van der Waals surface area contributed by atoms with Crippen molar-refractivity contribution in [3.05, 3.63) is 274 Å². The number of hydrogen-bond donors (Lipinski definition) is 0. The van der Waals surface area contributed by atoms with E-state index in [-0.39, 0.29) is 44.8 Å². The van der Waals surface area contributed by atoms with E-state index in [1.165, 1.54) is 20.5 Å². The summed E-state index contributed by atoms with van der Waals surface area (Å²) in [5, 5.41) is 9.04. The van der Waals surface area contributed by atoms with E-state index in [0.29, 0.717) is 33.6 Å². The summed E-state index contributed by atoms with van der Waals surface area (Å²) >= 11 is 0. The maximum absolute atomic E-state index is 9.37. The summed E-state index contributed by atoms with van der Waals surface area (Å²) in [7, 11) is 0. The molecule has 0 unspecified atom stereocenters. The number of benzene rings is 9. The molecule has 12 rings (SSSR count). The first-order chi connectivity index (χ1) is 36.4. The van der Waals surface area contributed by atoms with E-state index in [1.807, 2.05) is 121 Å². The third-order valence-electron chi connectivity index (χ3n) is 12.5. The molecule has 0 fully saturated rings. The molecule has 71 heavy (non-hydrogen) atoms. The second-order valence-corrected chi connectivity index (χ2v) is 16.8. The van der Waals surface area contributed by atoms with E-state index >= 15 is 0 Å². The molecule has 0 aliphatic heterocycles. The van der Waals surface area contributed by atoms with Gasteiger partial charge < -0.3 is 4.98 Å². The van der Waals surface area contributed by atoms with Gasteiger partial charge in [0.1, 0.15) is 0 Å². The summed E-state index contributed by atoms with van der Waals surface area (Å²) in [6.07, 6.45) is 2.02. The maximum Gasteiger partial charge on any atom is 3.00 e. The Morgan fingerprint density at radius 1 is 0.338 bits per heavy atom. The van der Waals surface area contributed by atoms with Gasteiger partial charge in [0.05, 0.1) is 17.8 Å². The first-order valence-electron chi connectivity index (χ1n) is 25.0. The van der Waals surface area contributed by atoms with Crippen molar-refractivity contribution in [1.29, 1.82) is 0 Å². The Bertz CT molecular complexity index is 3840. The van der Waals surface area contributed by atoms with Crippen LogP contribution in [0.5, 0.6) is 0 Å². The van der Waals surface area contributed by atoms with E-state index in [0.717, 1.165) is 66.9 Å². The molecule has 0 aliphatic rings. The second-order valence-electron chi connectivity index (χ2n) is 16.8. The van der Waals surface area contributed by atoms with Gasteiger partial charge in [0, 0.05) is 29.7 Å². The van der Waals surface area contributed by atoms with Gasteiger partial charge in [0.2, 0.25) is 0 Å². The van der Waals surface area contributed by atoms with Crippen molar-refractivity contribution in [2.24, 2.45) is 0 Å². The minimum absolute atomic E-state index is 0. The van der Waals surface area contributed by atoms with Crippen molar-refractivity contribution in [2.75, 3.05) is 0 Å². The first-order valence-corrected chi connectivity index (χ1v) is 23.0. The molecule has 3 aromatic heterocycles. The largest absolute Gasteiger partial charge is 3.00 e. The van der Waals surface area contributed by atoms with E-state index in [2.05, 4.69) is 125 Å². The fourth-order valence-electron chi connectivity index (χ4n) is 8.99. The van der Waals surface area contributed by atoms with Crippen LogP contribution in [0.3, 0.4) is 0 Å². The van der Waals surface area contributed by atoms with Crippen LogP contribution in [0.1, 0.15) is 5.48 Å². The number of pyridine rings is 1. The summed E-state index contributed by atoms with van der Waals surface area (Å²) in [4.78, 5) is 5.03. The monoisotopic (exact) mass is 1090 g/mol. The normalized spacial score (nSPS) is 11.8. The molecule has 0 atom stereocenters. The summed E-state index contributed by atoms with van der Waals surface area (Å²) in [5.41, 5.74) is 16.5. The Balaban J connectivity index is 0.00000602. The van der Waals surface area contributed by atoms with Gasteiger partial charge in [-0.15, -0.1) is 47.5 Å². The summed E-state index contributed by atoms with van der Waals surface area (Å²) in [6, 6.07) is 84.0. The van der Waals surface area contributed by atoms with Gasteiger partial charge in [-0.1, -0.05) is 140 Å². The van der Waals surface area contributed by atoms with Gasteiger partial charge in [0.15, 0.2) is 0 Å². The minimum Gasteiger partial charge on any atom is -0.304 e. The zero-order valence-electron chi connectivity index (χ0n) is 42.0. The number of rotatable bonds is 11. The first kappa shape index (κ1) is 40.1. The molecule has 0 saturated carbocycles. The molecule has 9 aromatic carbocycles. The van der Waals surface area contributed by atoms with Crippen LogP contribution in [0.2, 0.25) is 0 Å². The molecule has 0 bridgehead atoms. The molecule has 3 heterocycles. The van der Waals surface area contributed by atoms with E-state index in [9.17, 15) is 2.74 Å². The molecule has 0 saturated heterocycles. The molecule has 12 aromatic rings. The van der Waals surface area contributed by atoms with Gasteiger partial charge in [-0.25, -0.2) is 0 Å². The smallest absolute Gasteiger partial charge is 0.304 e. The third kappa shape index (κ3) is 9.26. The van der Waals surface area contributed by atoms with Crippen molar-refractivity contribution in [1.82, 2.24) is 24.5 Å². The van der Waals surface area contributed by atoms with Crippen molar-refractivity contribution in [3.8, 4) is 112 Å². The van der Waals surface area contributed by atoms with Crippen molar-refractivity contribution < 1.29 is 25.6 Å². The Morgan fingerprint density at radius 2 is 0.761 bits per heavy atom. The molecule has 336 valence electrons. The predicted octanol–water partition coefficient (Wildman–Crippen LogP) is 15.9. The Hall–Kier alpha value is -8.80. The van der Waals surface area contributed by atoms with Crippen molar-refractivity contribution in [2.45, 2.75) is 0 Å². The fraction of sp³-hybridized carbons (Fsp3) is 0. The molecule has 5 nitrogen and oxygen atoms in total. The molecule has 0 spiro atoms. The van der Waals surface area contributed by atoms with Crippen LogP contribution >= 0.6 is 0 Å². The van der Waals surface area contributed by atoms with Gasteiger partial charge in [-0.05, 0) is 108 Å². The van der Waals surface area contributed by atoms with Crippen LogP contribution < -0.4 is 0 Å². The average molecular weight is 1090 g/mol. The van der Waals surface area contributed by atoms with E-state index < -0.39 is 0 Å². The maximum atomic E-state index is 9.37. The second kappa shape index (κ2) is 20.0. The summed E-state index contributed by atoms with van der Waals surface area (Å²) in [5.74, 6) is 0. The topological polar surface area (TPSA) is 48.5 Å². The van der Waals surface area contributed by atoms with Crippen LogP contribution in [-0.4, -0.2) is 24.5 Å². The van der Waals surface area contributed by atoms with Crippen molar-refractivity contribution in [3.63, 3.8) is 0 Å². The number of aromatic nitrogens is 5. The molecular weight excluding hydrogens is 1040 g/mol. The minimum atomic E-state index is -0.0249. The van der Waals surface area contributed by atoms with Gasteiger partial charge in [0.25, 0.3) is 0 Å². The molecule has 6 heteroatoms. The number of hydrogen-bond acceptors (Lipinski definition) is 3. The molecule has 0 aliphatic carbocycles. The van der Waals surface area contributed by atoms with E-state index in [1.54, 1.807) is 12.1 Å². The van der Waals surface area contributed by atoms with Gasteiger partial charge >= 0.3 is 20.1 Å². The zero-order valence-corrected chi connectivity index (χ0v) is 40.4. The fourth-order valence-corrected chi connectivity index (χ4v) is 8.99. The van der Waals surface area contributed by atoms with Gasteiger partial charge in [-0.2, -0.15) is 58.7 Å². The Kier molecular flexibility index (Phi) is 11.3. The molecule has 0 amide bonds. The summed E-state index contributed by atoms with van der Waals surface area (Å²) in [6.45, 7) is 0. The Labute approximate surface area is 433 Å². The quantitative estimate of drug-likeness (QED) is 0.121. The molecular formula is C65H42IrN5. The third-order valence-corrected chi connectivity index (χ3v) is 12.5. The molecule has 0 radical (unpaired) electrons. The average Bonchev–Trinajstić information content (AvgIpc) is 3.95. The van der Waals surface area contributed by atoms with E-state index in [4.69, 9.17) is 7.73 Å². The van der Waals surface area contributed by atoms with Crippen LogP contribution in [0.25, 0.3) is 112 Å². The Morgan fingerprint density at radius 3 is 1.23 bits per heavy atom. The standard InChI is InChI=1S/C65H42N5.Ir/c1-4-17-46(18-5-1)47-31-33-48(34-32-47)49-19-16-20-50(37-49)65-36-35-51(41-66-65)59-25-10-11-26-60(59)52-38-53(61-27-12-14-29-63(61)55-42-67-69(44-55)57-21-6-2-7-22-57)40-54(39-52)62-28-13-15-30-64(62)56-43-68-70(45-56)58-23-8-3-9-24-58;/h1-19,21,23,25-45H;/q-3;+3/i42D,43D,44D,45D;. The van der Waals surface area contributed by atoms with Crippen molar-refractivity contribution >= 4 is 0 Å². The zero-order chi connectivity index (χ0) is 50.1. The van der Waals surface area contributed by atoms with Crippen LogP contribution in [0.4, 0.5) is 0 Å². The number of para-hydroxylation sites is 2. The van der Waals surface area contributed by atoms with Crippen LogP contribution in [0.15, 0.2) is 255 Å². The predicted molar refractivity (Wildman–Crippen MR) is 284 cm³/mol.